The largest absolute Gasteiger partial charge is 0.497 e. The first-order chi connectivity index (χ1) is 9.36. The van der Waals surface area contributed by atoms with Gasteiger partial charge in [0, 0.05) is 18.6 Å². The van der Waals surface area contributed by atoms with Gasteiger partial charge in [-0.15, -0.1) is 0 Å². The van der Waals surface area contributed by atoms with Crippen LogP contribution in [0.3, 0.4) is 0 Å². The molecule has 0 aliphatic carbocycles. The molecule has 3 heterocycles. The molecule has 3 aliphatic heterocycles. The lowest BCUT2D eigenvalue weighted by Crippen LogP contribution is -2.33. The van der Waals surface area contributed by atoms with E-state index in [-0.39, 0.29) is 0 Å². The minimum Gasteiger partial charge on any atom is -0.497 e. The highest BCUT2D eigenvalue weighted by Crippen LogP contribution is 2.47. The molecular formula is C16H22N2O. The summed E-state index contributed by atoms with van der Waals surface area (Å²) in [6, 6.07) is 10.2. The van der Waals surface area contributed by atoms with E-state index in [1.54, 1.807) is 7.11 Å². The van der Waals surface area contributed by atoms with Gasteiger partial charge in [-0.3, -0.25) is 4.90 Å². The highest BCUT2D eigenvalue weighted by Gasteiger charge is 2.54. The van der Waals surface area contributed by atoms with Crippen LogP contribution in [0.5, 0.6) is 5.75 Å². The van der Waals surface area contributed by atoms with E-state index in [0.29, 0.717) is 0 Å². The molecular weight excluding hydrogens is 236 g/mol. The van der Waals surface area contributed by atoms with Crippen LogP contribution in [0.2, 0.25) is 0 Å². The Kier molecular flexibility index (Phi) is 2.78. The lowest BCUT2D eigenvalue weighted by Gasteiger charge is -2.24. The van der Waals surface area contributed by atoms with E-state index < -0.39 is 0 Å². The van der Waals surface area contributed by atoms with Crippen molar-refractivity contribution in [2.75, 3.05) is 20.2 Å². The maximum Gasteiger partial charge on any atom is 0.119 e. The summed E-state index contributed by atoms with van der Waals surface area (Å²) in [4.78, 5) is 2.77. The summed E-state index contributed by atoms with van der Waals surface area (Å²) in [5.74, 6) is 2.79. The fourth-order valence-electron chi connectivity index (χ4n) is 4.62. The molecule has 4 rings (SSSR count). The molecule has 3 heteroatoms. The summed E-state index contributed by atoms with van der Waals surface area (Å²) in [7, 11) is 1.74. The van der Waals surface area contributed by atoms with Gasteiger partial charge in [0.1, 0.15) is 5.75 Å². The first-order valence-corrected chi connectivity index (χ1v) is 7.46. The van der Waals surface area contributed by atoms with Crippen LogP contribution in [0, 0.1) is 11.8 Å². The Morgan fingerprint density at radius 1 is 1.21 bits per heavy atom. The Morgan fingerprint density at radius 2 is 1.95 bits per heavy atom. The van der Waals surface area contributed by atoms with Gasteiger partial charge in [0.25, 0.3) is 0 Å². The number of rotatable bonds is 3. The number of methoxy groups -OCH3 is 1. The summed E-state index contributed by atoms with van der Waals surface area (Å²) in [5, 5.41) is 3.58. The highest BCUT2D eigenvalue weighted by atomic mass is 16.5. The van der Waals surface area contributed by atoms with Crippen molar-refractivity contribution < 1.29 is 4.74 Å². The number of fused-ring (bicyclic) bond motifs is 5. The number of hydrogen-bond acceptors (Lipinski definition) is 3. The van der Waals surface area contributed by atoms with E-state index in [1.165, 1.54) is 31.5 Å². The van der Waals surface area contributed by atoms with Crippen LogP contribution in [0.15, 0.2) is 24.3 Å². The van der Waals surface area contributed by atoms with E-state index in [0.717, 1.165) is 36.2 Å². The number of ether oxygens (including phenoxy) is 1. The number of nitrogens with one attached hydrogen (secondary N) is 1. The van der Waals surface area contributed by atoms with Gasteiger partial charge < -0.3 is 10.1 Å². The summed E-state index contributed by atoms with van der Waals surface area (Å²) in [6.07, 6.45) is 2.80. The predicted octanol–water partition coefficient (Wildman–Crippen LogP) is 1.88. The lowest BCUT2D eigenvalue weighted by atomic mass is 9.82. The van der Waals surface area contributed by atoms with Crippen molar-refractivity contribution in [2.24, 2.45) is 11.8 Å². The van der Waals surface area contributed by atoms with E-state index >= 15 is 0 Å². The minimum atomic E-state index is 0.816. The first kappa shape index (κ1) is 11.7. The average Bonchev–Trinajstić information content (AvgIpc) is 3.11. The van der Waals surface area contributed by atoms with Gasteiger partial charge in [0.05, 0.1) is 7.11 Å². The Bertz CT molecular complexity index is 458. The van der Waals surface area contributed by atoms with E-state index in [1.807, 2.05) is 6.07 Å². The number of benzene rings is 1. The third kappa shape index (κ3) is 1.79. The number of hydrogen-bond donors (Lipinski definition) is 1. The third-order valence-corrected chi connectivity index (χ3v) is 5.41. The average molecular weight is 258 g/mol. The van der Waals surface area contributed by atoms with Crippen molar-refractivity contribution in [3.05, 3.63) is 29.8 Å². The molecule has 0 saturated carbocycles. The molecule has 19 heavy (non-hydrogen) atoms. The molecule has 4 atom stereocenters. The minimum absolute atomic E-state index is 0.816. The van der Waals surface area contributed by atoms with Gasteiger partial charge >= 0.3 is 0 Å². The second-order valence-corrected chi connectivity index (χ2v) is 6.22. The molecule has 2 bridgehead atoms. The zero-order valence-corrected chi connectivity index (χ0v) is 11.5. The molecule has 1 N–H and O–H groups in total. The standard InChI is InChI=1S/C16H22N2O/c1-19-12-4-2-3-11(7-12)10-18-15-5-6-16(18)14-9-17-8-13(14)15/h2-4,7,13-17H,5-6,8-10H2,1H3/t13-,14+,15-,16+. The second-order valence-electron chi connectivity index (χ2n) is 6.22. The van der Waals surface area contributed by atoms with Crippen molar-refractivity contribution >= 4 is 0 Å². The monoisotopic (exact) mass is 258 g/mol. The van der Waals surface area contributed by atoms with E-state index in [9.17, 15) is 0 Å². The molecule has 0 amide bonds. The molecule has 3 nitrogen and oxygen atoms in total. The molecule has 3 aliphatic rings. The number of nitrogens with zero attached hydrogens (tertiary/aromatic N) is 1. The van der Waals surface area contributed by atoms with Crippen LogP contribution in [0.1, 0.15) is 18.4 Å². The van der Waals surface area contributed by atoms with Crippen LogP contribution >= 0.6 is 0 Å². The molecule has 102 valence electrons. The van der Waals surface area contributed by atoms with Gasteiger partial charge in [-0.05, 0) is 55.5 Å². The topological polar surface area (TPSA) is 24.5 Å². The molecule has 0 unspecified atom stereocenters. The quantitative estimate of drug-likeness (QED) is 0.896. The first-order valence-electron chi connectivity index (χ1n) is 7.46. The zero-order chi connectivity index (χ0) is 12.8. The predicted molar refractivity (Wildman–Crippen MR) is 75.2 cm³/mol. The van der Waals surface area contributed by atoms with Crippen molar-refractivity contribution in [2.45, 2.75) is 31.5 Å². The molecule has 1 aromatic rings. The fraction of sp³-hybridized carbons (Fsp3) is 0.625. The Labute approximate surface area is 114 Å². The molecule has 3 saturated heterocycles. The van der Waals surface area contributed by atoms with Gasteiger partial charge in [-0.1, -0.05) is 12.1 Å². The molecule has 0 radical (unpaired) electrons. The van der Waals surface area contributed by atoms with Crippen molar-refractivity contribution in [3.63, 3.8) is 0 Å². The third-order valence-electron chi connectivity index (χ3n) is 5.41. The molecule has 3 fully saturated rings. The van der Waals surface area contributed by atoms with E-state index in [4.69, 9.17) is 4.74 Å². The molecule has 0 spiro atoms. The summed E-state index contributed by atoms with van der Waals surface area (Å²) < 4.78 is 5.33. The summed E-state index contributed by atoms with van der Waals surface area (Å²) >= 11 is 0. The van der Waals surface area contributed by atoms with Crippen LogP contribution < -0.4 is 10.1 Å². The Hall–Kier alpha value is -1.06. The fourth-order valence-corrected chi connectivity index (χ4v) is 4.62. The van der Waals surface area contributed by atoms with Gasteiger partial charge in [0.2, 0.25) is 0 Å². The van der Waals surface area contributed by atoms with Gasteiger partial charge in [0.15, 0.2) is 0 Å². The summed E-state index contributed by atoms with van der Waals surface area (Å²) in [6.45, 7) is 3.57. The van der Waals surface area contributed by atoms with Crippen LogP contribution in [-0.2, 0) is 6.54 Å². The van der Waals surface area contributed by atoms with E-state index in [2.05, 4.69) is 28.4 Å². The van der Waals surface area contributed by atoms with Crippen molar-refractivity contribution in [3.8, 4) is 5.75 Å². The van der Waals surface area contributed by atoms with Crippen molar-refractivity contribution in [1.29, 1.82) is 0 Å². The smallest absolute Gasteiger partial charge is 0.119 e. The maximum absolute atomic E-state index is 5.33. The van der Waals surface area contributed by atoms with Crippen LogP contribution in [0.25, 0.3) is 0 Å². The molecule has 1 aromatic carbocycles. The highest BCUT2D eigenvalue weighted by molar-refractivity contribution is 5.29. The van der Waals surface area contributed by atoms with Gasteiger partial charge in [-0.2, -0.15) is 0 Å². The van der Waals surface area contributed by atoms with Gasteiger partial charge in [-0.25, -0.2) is 0 Å². The van der Waals surface area contributed by atoms with Crippen LogP contribution in [-0.4, -0.2) is 37.2 Å². The normalized spacial score (nSPS) is 36.7. The maximum atomic E-state index is 5.33. The van der Waals surface area contributed by atoms with Crippen LogP contribution in [0.4, 0.5) is 0 Å². The summed E-state index contributed by atoms with van der Waals surface area (Å²) in [5.41, 5.74) is 1.39. The SMILES string of the molecule is COc1cccc(CN2[C@@H]3CC[C@H]2[C@H]2CNC[C@H]23)c1. The lowest BCUT2D eigenvalue weighted by molar-refractivity contribution is 0.218. The molecule has 0 aromatic heterocycles. The Balaban J connectivity index is 1.54. The second kappa shape index (κ2) is 4.50. The Morgan fingerprint density at radius 3 is 2.63 bits per heavy atom. The zero-order valence-electron chi connectivity index (χ0n) is 11.5. The van der Waals surface area contributed by atoms with Crippen molar-refractivity contribution in [1.82, 2.24) is 10.2 Å².